The molecule has 0 saturated heterocycles. The number of aliphatic hydroxyl groups is 2. The zero-order chi connectivity index (χ0) is 11.9. The Bertz CT molecular complexity index is 188. The summed E-state index contributed by atoms with van der Waals surface area (Å²) in [4.78, 5) is 11.2. The monoisotopic (exact) mass is 219 g/mol. The van der Waals surface area contributed by atoms with Crippen molar-refractivity contribution in [2.24, 2.45) is 0 Å². The molecule has 5 nitrogen and oxygen atoms in total. The van der Waals surface area contributed by atoms with E-state index in [1.54, 1.807) is 0 Å². The third-order valence-corrected chi connectivity index (χ3v) is 1.52. The van der Waals surface area contributed by atoms with Crippen molar-refractivity contribution in [2.45, 2.75) is 38.9 Å². The van der Waals surface area contributed by atoms with Crippen LogP contribution in [0.1, 0.15) is 27.2 Å². The summed E-state index contributed by atoms with van der Waals surface area (Å²) in [5, 5.41) is 20.3. The number of carbonyl (C=O) groups excluding carboxylic acids is 1. The van der Waals surface area contributed by atoms with Crippen LogP contribution in [0.2, 0.25) is 0 Å². The van der Waals surface area contributed by atoms with Gasteiger partial charge in [-0.3, -0.25) is 4.79 Å². The summed E-state index contributed by atoms with van der Waals surface area (Å²) in [6.07, 6.45) is -0.515. The Hall–Kier alpha value is -0.650. The zero-order valence-corrected chi connectivity index (χ0v) is 9.62. The van der Waals surface area contributed by atoms with Gasteiger partial charge in [-0.2, -0.15) is 0 Å². The molecule has 0 aliphatic carbocycles. The van der Waals surface area contributed by atoms with Crippen molar-refractivity contribution in [3.05, 3.63) is 0 Å². The minimum absolute atomic E-state index is 0.259. The quantitative estimate of drug-likeness (QED) is 0.421. The normalized spacial score (nSPS) is 13.7. The second-order valence-electron chi connectivity index (χ2n) is 4.38. The maximum Gasteiger partial charge on any atom is 0.307 e. The van der Waals surface area contributed by atoms with E-state index in [1.165, 1.54) is 0 Å². The van der Waals surface area contributed by atoms with Crippen molar-refractivity contribution >= 4 is 5.97 Å². The molecular weight excluding hydrogens is 198 g/mol. The lowest BCUT2D eigenvalue weighted by Gasteiger charge is -2.19. The minimum Gasteiger partial charge on any atom is -0.460 e. The first-order valence-electron chi connectivity index (χ1n) is 5.06. The maximum absolute atomic E-state index is 11.2. The Labute approximate surface area is 90.4 Å². The first-order chi connectivity index (χ1) is 6.85. The van der Waals surface area contributed by atoms with E-state index < -0.39 is 11.7 Å². The smallest absolute Gasteiger partial charge is 0.307 e. The van der Waals surface area contributed by atoms with Crippen molar-refractivity contribution in [3.8, 4) is 0 Å². The van der Waals surface area contributed by atoms with E-state index in [0.29, 0.717) is 6.54 Å². The molecule has 0 heterocycles. The summed E-state index contributed by atoms with van der Waals surface area (Å²) in [5.41, 5.74) is -0.457. The van der Waals surface area contributed by atoms with E-state index in [1.807, 2.05) is 20.8 Å². The molecule has 0 fully saturated rings. The van der Waals surface area contributed by atoms with Gasteiger partial charge in [0.15, 0.2) is 0 Å². The molecule has 0 rings (SSSR count). The molecule has 1 atom stereocenters. The topological polar surface area (TPSA) is 78.8 Å². The molecule has 0 amide bonds. The molecule has 3 N–H and O–H groups in total. The van der Waals surface area contributed by atoms with E-state index in [2.05, 4.69) is 5.32 Å². The molecular formula is C10H21NO4. The third-order valence-electron chi connectivity index (χ3n) is 1.52. The summed E-state index contributed by atoms with van der Waals surface area (Å²) in [6.45, 7) is 5.88. The van der Waals surface area contributed by atoms with Gasteiger partial charge in [0.25, 0.3) is 0 Å². The summed E-state index contributed by atoms with van der Waals surface area (Å²) in [5.74, 6) is -0.270. The summed E-state index contributed by atoms with van der Waals surface area (Å²) in [7, 11) is 0. The van der Waals surface area contributed by atoms with Crippen LogP contribution in [-0.4, -0.2) is 47.6 Å². The first-order valence-corrected chi connectivity index (χ1v) is 5.06. The van der Waals surface area contributed by atoms with Gasteiger partial charge >= 0.3 is 5.97 Å². The van der Waals surface area contributed by atoms with Gasteiger partial charge in [-0.1, -0.05) is 0 Å². The molecule has 0 aromatic heterocycles. The first kappa shape index (κ1) is 14.3. The van der Waals surface area contributed by atoms with Crippen LogP contribution in [0.5, 0.6) is 0 Å². The highest BCUT2D eigenvalue weighted by molar-refractivity contribution is 5.70. The van der Waals surface area contributed by atoms with Crippen molar-refractivity contribution in [3.63, 3.8) is 0 Å². The molecule has 0 aromatic rings. The zero-order valence-electron chi connectivity index (χ0n) is 9.62. The van der Waals surface area contributed by atoms with E-state index in [9.17, 15) is 4.79 Å². The van der Waals surface area contributed by atoms with Crippen LogP contribution in [0.25, 0.3) is 0 Å². The maximum atomic E-state index is 11.2. The highest BCUT2D eigenvalue weighted by Crippen LogP contribution is 2.07. The molecule has 5 heteroatoms. The van der Waals surface area contributed by atoms with Crippen LogP contribution < -0.4 is 5.32 Å². The fraction of sp³-hybridized carbons (Fsp3) is 0.900. The van der Waals surface area contributed by atoms with Gasteiger partial charge in [0.1, 0.15) is 5.60 Å². The van der Waals surface area contributed by atoms with Crippen LogP contribution in [0.3, 0.4) is 0 Å². The van der Waals surface area contributed by atoms with Crippen molar-refractivity contribution in [1.29, 1.82) is 0 Å². The number of rotatable bonds is 6. The molecule has 0 spiro atoms. The predicted molar refractivity (Wildman–Crippen MR) is 56.4 cm³/mol. The molecule has 90 valence electrons. The Balaban J connectivity index is 3.48. The van der Waals surface area contributed by atoms with E-state index >= 15 is 0 Å². The standard InChI is InChI=1S/C10H21NO4/c1-10(2,3)15-9(14)4-5-11-6-8(13)7-12/h8,11-13H,4-7H2,1-3H3. The van der Waals surface area contributed by atoms with Gasteiger partial charge in [0.2, 0.25) is 0 Å². The van der Waals surface area contributed by atoms with E-state index in [-0.39, 0.29) is 25.5 Å². The van der Waals surface area contributed by atoms with Crippen molar-refractivity contribution in [2.75, 3.05) is 19.7 Å². The highest BCUT2D eigenvalue weighted by Gasteiger charge is 2.15. The molecule has 0 aliphatic heterocycles. The molecule has 0 radical (unpaired) electrons. The molecule has 0 saturated carbocycles. The molecule has 0 bridgehead atoms. The van der Waals surface area contributed by atoms with Gasteiger partial charge in [-0.25, -0.2) is 0 Å². The van der Waals surface area contributed by atoms with Crippen LogP contribution in [0.15, 0.2) is 0 Å². The lowest BCUT2D eigenvalue weighted by atomic mass is 10.2. The lowest BCUT2D eigenvalue weighted by molar-refractivity contribution is -0.154. The van der Waals surface area contributed by atoms with Gasteiger partial charge in [-0.05, 0) is 20.8 Å². The van der Waals surface area contributed by atoms with Crippen LogP contribution >= 0.6 is 0 Å². The number of aliphatic hydroxyl groups excluding tert-OH is 2. The second-order valence-corrected chi connectivity index (χ2v) is 4.38. The average Bonchev–Trinajstić information content (AvgIpc) is 2.09. The number of hydrogen-bond acceptors (Lipinski definition) is 5. The van der Waals surface area contributed by atoms with Crippen molar-refractivity contribution in [1.82, 2.24) is 5.32 Å². The average molecular weight is 219 g/mol. The van der Waals surface area contributed by atoms with Crippen molar-refractivity contribution < 1.29 is 19.7 Å². The number of hydrogen-bond donors (Lipinski definition) is 3. The number of nitrogens with one attached hydrogen (secondary N) is 1. The summed E-state index contributed by atoms with van der Waals surface area (Å²) < 4.78 is 5.08. The lowest BCUT2D eigenvalue weighted by Crippen LogP contribution is -2.32. The third kappa shape index (κ3) is 9.65. The Morgan fingerprint density at radius 3 is 2.53 bits per heavy atom. The van der Waals surface area contributed by atoms with Gasteiger partial charge < -0.3 is 20.3 Å². The minimum atomic E-state index is -0.774. The van der Waals surface area contributed by atoms with Crippen LogP contribution in [-0.2, 0) is 9.53 Å². The van der Waals surface area contributed by atoms with Gasteiger partial charge in [0.05, 0.1) is 19.1 Å². The molecule has 15 heavy (non-hydrogen) atoms. The fourth-order valence-corrected chi connectivity index (χ4v) is 0.916. The largest absolute Gasteiger partial charge is 0.460 e. The number of carbonyl (C=O) groups is 1. The van der Waals surface area contributed by atoms with Gasteiger partial charge in [-0.15, -0.1) is 0 Å². The highest BCUT2D eigenvalue weighted by atomic mass is 16.6. The van der Waals surface area contributed by atoms with E-state index in [0.717, 1.165) is 0 Å². The van der Waals surface area contributed by atoms with E-state index in [4.69, 9.17) is 14.9 Å². The fourth-order valence-electron chi connectivity index (χ4n) is 0.916. The van der Waals surface area contributed by atoms with Crippen LogP contribution in [0, 0.1) is 0 Å². The summed E-state index contributed by atoms with van der Waals surface area (Å²) in [6, 6.07) is 0. The number of ether oxygens (including phenoxy) is 1. The van der Waals surface area contributed by atoms with Gasteiger partial charge in [0, 0.05) is 13.1 Å². The Kier molecular flexibility index (Phi) is 6.47. The molecule has 0 aliphatic rings. The SMILES string of the molecule is CC(C)(C)OC(=O)CCNCC(O)CO. The molecule has 1 unspecified atom stereocenters. The van der Waals surface area contributed by atoms with Crippen LogP contribution in [0.4, 0.5) is 0 Å². The Morgan fingerprint density at radius 1 is 1.47 bits per heavy atom. The second kappa shape index (κ2) is 6.76. The predicted octanol–water partition coefficient (Wildman–Crippen LogP) is -0.339. The molecule has 0 aromatic carbocycles. The Morgan fingerprint density at radius 2 is 2.07 bits per heavy atom. The summed E-state index contributed by atoms with van der Waals surface area (Å²) >= 11 is 0. The number of esters is 1.